The van der Waals surface area contributed by atoms with E-state index in [2.05, 4.69) is 6.07 Å². The van der Waals surface area contributed by atoms with Crippen LogP contribution in [0.1, 0.15) is 5.56 Å². The third kappa shape index (κ3) is 1.72. The molecule has 0 unspecified atom stereocenters. The number of pyridine rings is 1. The summed E-state index contributed by atoms with van der Waals surface area (Å²) in [6.45, 7) is 1.76. The molecule has 0 amide bonds. The minimum Gasteiger partial charge on any atom is -0.507 e. The van der Waals surface area contributed by atoms with Gasteiger partial charge in [-0.25, -0.2) is 0 Å². The largest absolute Gasteiger partial charge is 0.507 e. The zero-order valence-corrected chi connectivity index (χ0v) is 9.19. The van der Waals surface area contributed by atoms with E-state index in [1.165, 1.54) is 4.57 Å². The molecular formula is C13H12NO2. The van der Waals surface area contributed by atoms with Crippen molar-refractivity contribution in [2.45, 2.75) is 6.92 Å². The summed E-state index contributed by atoms with van der Waals surface area (Å²) in [5, 5.41) is 9.71. The number of nitrogens with zero attached hydrogens (tertiary/aromatic N) is 1. The lowest BCUT2D eigenvalue weighted by atomic mass is 10.1. The number of aromatic hydroxyl groups is 1. The molecular weight excluding hydrogens is 202 g/mol. The molecule has 3 heteroatoms. The van der Waals surface area contributed by atoms with Gasteiger partial charge >= 0.3 is 0 Å². The Bertz CT molecular complexity index is 558. The van der Waals surface area contributed by atoms with Gasteiger partial charge in [-0.05, 0) is 31.2 Å². The van der Waals surface area contributed by atoms with Gasteiger partial charge in [-0.2, -0.15) is 0 Å². The Labute approximate surface area is 93.6 Å². The molecule has 0 saturated carbocycles. The van der Waals surface area contributed by atoms with Crippen LogP contribution >= 0.6 is 0 Å². The average Bonchev–Trinajstić information content (AvgIpc) is 2.26. The topological polar surface area (TPSA) is 42.2 Å². The fraction of sp³-hybridized carbons (Fsp3) is 0.154. The Kier molecular flexibility index (Phi) is 2.52. The van der Waals surface area contributed by atoms with Crippen LogP contribution in [-0.4, -0.2) is 9.67 Å². The number of phenolic OH excluding ortho intramolecular Hbond substituents is 1. The molecule has 1 heterocycles. The summed E-state index contributed by atoms with van der Waals surface area (Å²) in [5.74, 6) is 0.191. The summed E-state index contributed by atoms with van der Waals surface area (Å²) in [6, 6.07) is 9.60. The first-order valence-corrected chi connectivity index (χ1v) is 4.96. The number of aromatic nitrogens is 1. The first-order valence-electron chi connectivity index (χ1n) is 4.96. The van der Waals surface area contributed by atoms with Gasteiger partial charge in [0.1, 0.15) is 5.75 Å². The molecule has 0 spiro atoms. The molecule has 81 valence electrons. The normalized spacial score (nSPS) is 10.4. The number of rotatable bonds is 1. The highest BCUT2D eigenvalue weighted by Crippen LogP contribution is 2.27. The van der Waals surface area contributed by atoms with Crippen LogP contribution in [0.15, 0.2) is 35.3 Å². The third-order valence-electron chi connectivity index (χ3n) is 2.51. The maximum absolute atomic E-state index is 11.5. The van der Waals surface area contributed by atoms with Gasteiger partial charge in [0.05, 0.1) is 0 Å². The third-order valence-corrected chi connectivity index (χ3v) is 2.51. The molecule has 0 bridgehead atoms. The van der Waals surface area contributed by atoms with Gasteiger partial charge in [0.15, 0.2) is 0 Å². The van der Waals surface area contributed by atoms with Crippen molar-refractivity contribution < 1.29 is 5.11 Å². The van der Waals surface area contributed by atoms with Gasteiger partial charge in [-0.1, -0.05) is 6.07 Å². The van der Waals surface area contributed by atoms with Crippen molar-refractivity contribution in [1.29, 1.82) is 0 Å². The Morgan fingerprint density at radius 2 is 2.19 bits per heavy atom. The minimum atomic E-state index is -0.0249. The van der Waals surface area contributed by atoms with Gasteiger partial charge in [-0.3, -0.25) is 4.79 Å². The molecule has 1 N–H and O–H groups in total. The Hall–Kier alpha value is -2.03. The van der Waals surface area contributed by atoms with E-state index in [1.807, 2.05) is 0 Å². The summed E-state index contributed by atoms with van der Waals surface area (Å²) in [5.41, 5.74) is 2.13. The Morgan fingerprint density at radius 1 is 1.44 bits per heavy atom. The fourth-order valence-electron chi connectivity index (χ4n) is 1.68. The molecule has 0 atom stereocenters. The number of benzene rings is 1. The summed E-state index contributed by atoms with van der Waals surface area (Å²) in [6.07, 6.45) is 1.71. The standard InChI is InChI=1S/C13H12NO2/c1-9-7-10(8-14(2)13(9)16)11-5-3-4-6-12(11)15/h4-8,15H,1-2H3. The molecule has 1 aromatic carbocycles. The molecule has 0 fully saturated rings. The zero-order valence-electron chi connectivity index (χ0n) is 9.19. The van der Waals surface area contributed by atoms with Gasteiger partial charge in [-0.15, -0.1) is 0 Å². The molecule has 1 aromatic heterocycles. The molecule has 3 nitrogen and oxygen atoms in total. The maximum atomic E-state index is 11.5. The van der Waals surface area contributed by atoms with Crippen molar-refractivity contribution in [2.24, 2.45) is 7.05 Å². The molecule has 2 aromatic rings. The monoisotopic (exact) mass is 214 g/mol. The van der Waals surface area contributed by atoms with E-state index in [0.29, 0.717) is 11.1 Å². The van der Waals surface area contributed by atoms with E-state index in [4.69, 9.17) is 0 Å². The minimum absolute atomic E-state index is 0.0249. The molecule has 0 aliphatic carbocycles. The van der Waals surface area contributed by atoms with Crippen LogP contribution in [0.25, 0.3) is 11.1 Å². The molecule has 2 rings (SSSR count). The molecule has 0 aliphatic heterocycles. The van der Waals surface area contributed by atoms with Crippen LogP contribution < -0.4 is 5.56 Å². The Morgan fingerprint density at radius 3 is 2.81 bits per heavy atom. The van der Waals surface area contributed by atoms with E-state index >= 15 is 0 Å². The second-order valence-electron chi connectivity index (χ2n) is 3.77. The maximum Gasteiger partial charge on any atom is 0.253 e. The highest BCUT2D eigenvalue weighted by Gasteiger charge is 2.06. The highest BCUT2D eigenvalue weighted by atomic mass is 16.3. The summed E-state index contributed by atoms with van der Waals surface area (Å²) in [4.78, 5) is 11.5. The summed E-state index contributed by atoms with van der Waals surface area (Å²) >= 11 is 0. The number of aryl methyl sites for hydroxylation is 2. The molecule has 16 heavy (non-hydrogen) atoms. The summed E-state index contributed by atoms with van der Waals surface area (Å²) in [7, 11) is 1.70. The van der Waals surface area contributed by atoms with E-state index in [0.717, 1.165) is 5.56 Å². The SMILES string of the molecule is Cc1cc(-c2c[c]ccc2O)cn(C)c1=O. The fourth-order valence-corrected chi connectivity index (χ4v) is 1.68. The predicted molar refractivity (Wildman–Crippen MR) is 62.4 cm³/mol. The van der Waals surface area contributed by atoms with E-state index in [1.54, 1.807) is 44.4 Å². The number of phenols is 1. The lowest BCUT2D eigenvalue weighted by Crippen LogP contribution is -2.18. The van der Waals surface area contributed by atoms with Gasteiger partial charge in [0.2, 0.25) is 0 Å². The summed E-state index contributed by atoms with van der Waals surface area (Å²) < 4.78 is 1.51. The van der Waals surface area contributed by atoms with E-state index in [-0.39, 0.29) is 11.3 Å². The van der Waals surface area contributed by atoms with Crippen LogP contribution in [0.4, 0.5) is 0 Å². The predicted octanol–water partition coefficient (Wildman–Crippen LogP) is 1.87. The van der Waals surface area contributed by atoms with Crippen LogP contribution in [0.2, 0.25) is 0 Å². The van der Waals surface area contributed by atoms with Gasteiger partial charge in [0, 0.05) is 29.9 Å². The van der Waals surface area contributed by atoms with Crippen molar-refractivity contribution in [2.75, 3.05) is 0 Å². The first kappa shape index (κ1) is 10.5. The van der Waals surface area contributed by atoms with Crippen molar-refractivity contribution in [1.82, 2.24) is 4.57 Å². The molecule has 1 radical (unpaired) electrons. The molecule has 0 aliphatic rings. The van der Waals surface area contributed by atoms with Crippen molar-refractivity contribution in [3.8, 4) is 16.9 Å². The van der Waals surface area contributed by atoms with Crippen molar-refractivity contribution in [3.63, 3.8) is 0 Å². The number of hydrogen-bond acceptors (Lipinski definition) is 2. The first-order chi connectivity index (χ1) is 7.59. The lowest BCUT2D eigenvalue weighted by molar-refractivity contribution is 0.477. The van der Waals surface area contributed by atoms with Crippen LogP contribution in [0.3, 0.4) is 0 Å². The average molecular weight is 214 g/mol. The second-order valence-corrected chi connectivity index (χ2v) is 3.77. The molecule has 0 saturated heterocycles. The quantitative estimate of drug-likeness (QED) is 0.787. The highest BCUT2D eigenvalue weighted by molar-refractivity contribution is 5.69. The van der Waals surface area contributed by atoms with Crippen LogP contribution in [-0.2, 0) is 7.05 Å². The number of hydrogen-bond donors (Lipinski definition) is 1. The van der Waals surface area contributed by atoms with E-state index < -0.39 is 0 Å². The van der Waals surface area contributed by atoms with E-state index in [9.17, 15) is 9.90 Å². The smallest absolute Gasteiger partial charge is 0.253 e. The second kappa shape index (κ2) is 3.85. The van der Waals surface area contributed by atoms with Crippen molar-refractivity contribution >= 4 is 0 Å². The van der Waals surface area contributed by atoms with Crippen molar-refractivity contribution in [3.05, 3.63) is 52.4 Å². The van der Waals surface area contributed by atoms with Crippen LogP contribution in [0, 0.1) is 13.0 Å². The van der Waals surface area contributed by atoms with Gasteiger partial charge < -0.3 is 9.67 Å². The van der Waals surface area contributed by atoms with Crippen LogP contribution in [0.5, 0.6) is 5.75 Å². The zero-order chi connectivity index (χ0) is 11.7. The van der Waals surface area contributed by atoms with Gasteiger partial charge in [0.25, 0.3) is 5.56 Å². The Balaban J connectivity index is 2.67. The lowest BCUT2D eigenvalue weighted by Gasteiger charge is -2.07.